The summed E-state index contributed by atoms with van der Waals surface area (Å²) in [6.07, 6.45) is 0.254. The Bertz CT molecular complexity index is 667. The van der Waals surface area contributed by atoms with Crippen molar-refractivity contribution in [1.29, 1.82) is 0 Å². The summed E-state index contributed by atoms with van der Waals surface area (Å²) in [5.74, 6) is -2.54. The smallest absolute Gasteiger partial charge is 0.373 e. The van der Waals surface area contributed by atoms with Gasteiger partial charge in [-0.1, -0.05) is 12.1 Å². The molecule has 1 N–H and O–H groups in total. The lowest BCUT2D eigenvalue weighted by Crippen LogP contribution is -2.35. The summed E-state index contributed by atoms with van der Waals surface area (Å²) in [4.78, 5) is 23.6. The second kappa shape index (κ2) is 8.80. The van der Waals surface area contributed by atoms with Crippen molar-refractivity contribution in [2.75, 3.05) is 7.11 Å². The van der Waals surface area contributed by atoms with E-state index in [1.807, 2.05) is 0 Å². The zero-order valence-corrected chi connectivity index (χ0v) is 15.0. The molecule has 6 nitrogen and oxygen atoms in total. The van der Waals surface area contributed by atoms with Crippen molar-refractivity contribution in [3.05, 3.63) is 47.5 Å². The SMILES string of the molecule is COC(=O)CC[C@@H]1[C@@H](c2ccc(F)cc2)C=C(C(=O)OC(C)C)O[C@@H]1O. The van der Waals surface area contributed by atoms with Crippen molar-refractivity contribution in [1.82, 2.24) is 0 Å². The number of ether oxygens (including phenoxy) is 3. The highest BCUT2D eigenvalue weighted by Gasteiger charge is 2.37. The van der Waals surface area contributed by atoms with Gasteiger partial charge in [-0.15, -0.1) is 0 Å². The molecule has 142 valence electrons. The number of benzene rings is 1. The third kappa shape index (κ3) is 5.05. The van der Waals surface area contributed by atoms with E-state index in [-0.39, 0.29) is 24.7 Å². The van der Waals surface area contributed by atoms with E-state index < -0.39 is 35.9 Å². The molecule has 0 spiro atoms. The van der Waals surface area contributed by atoms with Gasteiger partial charge in [-0.2, -0.15) is 0 Å². The van der Waals surface area contributed by atoms with Crippen LogP contribution in [0.25, 0.3) is 0 Å². The Kier molecular flexibility index (Phi) is 6.74. The van der Waals surface area contributed by atoms with E-state index >= 15 is 0 Å². The Morgan fingerprint density at radius 3 is 2.50 bits per heavy atom. The largest absolute Gasteiger partial charge is 0.469 e. The van der Waals surface area contributed by atoms with Crippen LogP contribution < -0.4 is 0 Å². The molecule has 0 amide bonds. The predicted molar refractivity (Wildman–Crippen MR) is 90.3 cm³/mol. The summed E-state index contributed by atoms with van der Waals surface area (Å²) in [6, 6.07) is 5.75. The van der Waals surface area contributed by atoms with E-state index in [2.05, 4.69) is 4.74 Å². The lowest BCUT2D eigenvalue weighted by atomic mass is 9.80. The molecule has 0 aromatic heterocycles. The summed E-state index contributed by atoms with van der Waals surface area (Å²) < 4.78 is 28.3. The molecule has 1 aromatic carbocycles. The van der Waals surface area contributed by atoms with E-state index in [1.54, 1.807) is 32.1 Å². The maximum Gasteiger partial charge on any atom is 0.373 e. The van der Waals surface area contributed by atoms with E-state index in [9.17, 15) is 19.1 Å². The van der Waals surface area contributed by atoms with Crippen LogP contribution in [0.3, 0.4) is 0 Å². The molecular weight excluding hydrogens is 343 g/mol. The minimum absolute atomic E-state index is 0.0822. The van der Waals surface area contributed by atoms with Gasteiger partial charge in [0.1, 0.15) is 5.82 Å². The third-order valence-corrected chi connectivity index (χ3v) is 4.11. The van der Waals surface area contributed by atoms with Crippen molar-refractivity contribution in [3.63, 3.8) is 0 Å². The minimum Gasteiger partial charge on any atom is -0.469 e. The van der Waals surface area contributed by atoms with Gasteiger partial charge in [-0.05, 0) is 44.0 Å². The second-order valence-electron chi connectivity index (χ2n) is 6.35. The molecule has 3 atom stereocenters. The van der Waals surface area contributed by atoms with Crippen LogP contribution in [0.5, 0.6) is 0 Å². The number of methoxy groups -OCH3 is 1. The molecule has 2 rings (SSSR count). The van der Waals surface area contributed by atoms with Gasteiger partial charge in [-0.25, -0.2) is 9.18 Å². The number of aliphatic hydroxyl groups is 1. The number of hydrogen-bond acceptors (Lipinski definition) is 6. The van der Waals surface area contributed by atoms with Gasteiger partial charge < -0.3 is 19.3 Å². The Labute approximate surface area is 151 Å². The number of esters is 2. The van der Waals surface area contributed by atoms with Crippen LogP contribution in [0.1, 0.15) is 38.2 Å². The fourth-order valence-corrected chi connectivity index (χ4v) is 2.85. The van der Waals surface area contributed by atoms with Gasteiger partial charge >= 0.3 is 11.9 Å². The summed E-state index contributed by atoms with van der Waals surface area (Å²) >= 11 is 0. The number of carbonyl (C=O) groups is 2. The molecule has 26 heavy (non-hydrogen) atoms. The average molecular weight is 366 g/mol. The van der Waals surface area contributed by atoms with E-state index in [0.29, 0.717) is 5.56 Å². The molecule has 0 fully saturated rings. The van der Waals surface area contributed by atoms with Crippen LogP contribution >= 0.6 is 0 Å². The molecule has 1 aromatic rings. The Hall–Kier alpha value is -2.41. The number of rotatable bonds is 6. The van der Waals surface area contributed by atoms with E-state index in [1.165, 1.54) is 19.2 Å². The number of allylic oxidation sites excluding steroid dienone is 1. The Morgan fingerprint density at radius 2 is 1.92 bits per heavy atom. The van der Waals surface area contributed by atoms with Crippen molar-refractivity contribution in [2.45, 2.75) is 45.0 Å². The molecule has 0 bridgehead atoms. The lowest BCUT2D eigenvalue weighted by Gasteiger charge is -2.34. The van der Waals surface area contributed by atoms with Crippen LogP contribution in [0, 0.1) is 11.7 Å². The topological polar surface area (TPSA) is 82.1 Å². The van der Waals surface area contributed by atoms with Crippen LogP contribution in [0.2, 0.25) is 0 Å². The average Bonchev–Trinajstić information content (AvgIpc) is 2.59. The van der Waals surface area contributed by atoms with Gasteiger partial charge in [0.15, 0.2) is 0 Å². The van der Waals surface area contributed by atoms with Crippen LogP contribution in [0.4, 0.5) is 4.39 Å². The quantitative estimate of drug-likeness (QED) is 0.780. The summed E-state index contributed by atoms with van der Waals surface area (Å²) in [5.41, 5.74) is 0.693. The minimum atomic E-state index is -1.31. The fraction of sp³-hybridized carbons (Fsp3) is 0.474. The van der Waals surface area contributed by atoms with Gasteiger partial charge in [-0.3, -0.25) is 4.79 Å². The molecule has 1 heterocycles. The van der Waals surface area contributed by atoms with E-state index in [4.69, 9.17) is 9.47 Å². The van der Waals surface area contributed by atoms with Gasteiger partial charge in [0, 0.05) is 18.3 Å². The second-order valence-corrected chi connectivity index (χ2v) is 6.35. The Balaban J connectivity index is 2.31. The van der Waals surface area contributed by atoms with Crippen molar-refractivity contribution in [3.8, 4) is 0 Å². The molecular formula is C19H23FO6. The predicted octanol–water partition coefficient (Wildman–Crippen LogP) is 2.66. The Morgan fingerprint density at radius 1 is 1.27 bits per heavy atom. The number of hydrogen-bond donors (Lipinski definition) is 1. The standard InChI is InChI=1S/C19H23FO6/c1-11(2)25-19(23)16-10-15(12-4-6-13(20)7-5-12)14(18(22)26-16)8-9-17(21)24-3/h4-7,10-11,14-15,18,22H,8-9H2,1-3H3/t14-,15-,18+/m1/s1. The molecule has 0 saturated carbocycles. The normalized spacial score (nSPS) is 22.4. The third-order valence-electron chi connectivity index (χ3n) is 4.11. The molecule has 0 saturated heterocycles. The van der Waals surface area contributed by atoms with Crippen LogP contribution in [-0.4, -0.2) is 36.5 Å². The first-order valence-corrected chi connectivity index (χ1v) is 8.41. The van der Waals surface area contributed by atoms with Gasteiger partial charge in [0.05, 0.1) is 13.2 Å². The number of aliphatic hydroxyl groups excluding tert-OH is 1. The molecule has 0 unspecified atom stereocenters. The van der Waals surface area contributed by atoms with Crippen molar-refractivity contribution in [2.24, 2.45) is 5.92 Å². The molecule has 7 heteroatoms. The summed E-state index contributed by atoms with van der Waals surface area (Å²) in [5, 5.41) is 10.4. The molecule has 0 aliphatic carbocycles. The monoisotopic (exact) mass is 366 g/mol. The first-order valence-electron chi connectivity index (χ1n) is 8.41. The first-order chi connectivity index (χ1) is 12.3. The van der Waals surface area contributed by atoms with Gasteiger partial charge in [0.25, 0.3) is 0 Å². The van der Waals surface area contributed by atoms with Gasteiger partial charge in [0.2, 0.25) is 12.0 Å². The molecule has 1 aliphatic heterocycles. The summed E-state index contributed by atoms with van der Waals surface area (Å²) in [6.45, 7) is 3.41. The highest BCUT2D eigenvalue weighted by Crippen LogP contribution is 2.38. The number of halogens is 1. The maximum absolute atomic E-state index is 13.3. The van der Waals surface area contributed by atoms with Crippen LogP contribution in [0.15, 0.2) is 36.1 Å². The fourth-order valence-electron chi connectivity index (χ4n) is 2.85. The van der Waals surface area contributed by atoms with Crippen molar-refractivity contribution >= 4 is 11.9 Å². The summed E-state index contributed by atoms with van der Waals surface area (Å²) in [7, 11) is 1.29. The maximum atomic E-state index is 13.3. The molecule has 0 radical (unpaired) electrons. The molecule has 1 aliphatic rings. The highest BCUT2D eigenvalue weighted by molar-refractivity contribution is 5.86. The lowest BCUT2D eigenvalue weighted by molar-refractivity contribution is -0.164. The zero-order chi connectivity index (χ0) is 19.3. The van der Waals surface area contributed by atoms with Crippen molar-refractivity contribution < 1.29 is 33.3 Å². The number of carbonyl (C=O) groups excluding carboxylic acids is 2. The zero-order valence-electron chi connectivity index (χ0n) is 15.0. The van der Waals surface area contributed by atoms with E-state index in [0.717, 1.165) is 0 Å². The highest BCUT2D eigenvalue weighted by atomic mass is 19.1. The first kappa shape index (κ1) is 19.9. The van der Waals surface area contributed by atoms with Crippen LogP contribution in [-0.2, 0) is 23.8 Å².